The van der Waals surface area contributed by atoms with Crippen LogP contribution < -0.4 is 5.73 Å². The summed E-state index contributed by atoms with van der Waals surface area (Å²) in [4.78, 5) is 14.3. The summed E-state index contributed by atoms with van der Waals surface area (Å²) in [6.07, 6.45) is 4.46. The van der Waals surface area contributed by atoms with Crippen LogP contribution in [0.25, 0.3) is 0 Å². The van der Waals surface area contributed by atoms with E-state index in [2.05, 4.69) is 0 Å². The number of nitrogens with two attached hydrogens (primary N) is 1. The van der Waals surface area contributed by atoms with E-state index in [0.29, 0.717) is 41.6 Å². The topological polar surface area (TPSA) is 46.3 Å². The summed E-state index contributed by atoms with van der Waals surface area (Å²) in [6, 6.07) is 0. The van der Waals surface area contributed by atoms with Crippen molar-refractivity contribution in [1.29, 1.82) is 0 Å². The molecule has 3 nitrogen and oxygen atoms in total. The first-order valence-electron chi connectivity index (χ1n) is 5.64. The largest absolute Gasteiger partial charge is 0.393 e. The number of rotatable bonds is 4. The zero-order chi connectivity index (χ0) is 11.0. The van der Waals surface area contributed by atoms with Crippen LogP contribution >= 0.6 is 12.2 Å². The molecule has 0 heterocycles. The number of hydrogen-bond acceptors (Lipinski definition) is 2. The van der Waals surface area contributed by atoms with Crippen LogP contribution in [0.3, 0.4) is 0 Å². The molecule has 15 heavy (non-hydrogen) atoms. The molecule has 84 valence electrons. The molecule has 0 spiro atoms. The second-order valence-electron chi connectivity index (χ2n) is 4.76. The van der Waals surface area contributed by atoms with Crippen molar-refractivity contribution in [2.24, 2.45) is 23.5 Å². The lowest BCUT2D eigenvalue weighted by molar-refractivity contribution is -0.132. The van der Waals surface area contributed by atoms with Gasteiger partial charge in [-0.1, -0.05) is 18.6 Å². The minimum atomic E-state index is 0.306. The number of carbonyl (C=O) groups excluding carboxylic acids is 1. The molecule has 2 rings (SSSR count). The number of amides is 1. The van der Waals surface area contributed by atoms with E-state index >= 15 is 0 Å². The first-order valence-corrected chi connectivity index (χ1v) is 6.05. The highest BCUT2D eigenvalue weighted by Gasteiger charge is 2.57. The van der Waals surface area contributed by atoms with E-state index in [4.69, 9.17) is 18.0 Å². The molecule has 0 aromatic carbocycles. The standard InChI is InChI=1S/C11H18N2OS/c1-13(6-5-9(12)15)11(14)10-7-3-2-4-8(7)10/h7-8,10H,2-6H2,1H3,(H2,12,15). The minimum Gasteiger partial charge on any atom is -0.393 e. The van der Waals surface area contributed by atoms with Crippen LogP contribution in [0.1, 0.15) is 25.7 Å². The highest BCUT2D eigenvalue weighted by molar-refractivity contribution is 7.80. The van der Waals surface area contributed by atoms with Gasteiger partial charge >= 0.3 is 0 Å². The molecule has 2 unspecified atom stereocenters. The normalized spacial score (nSPS) is 32.2. The van der Waals surface area contributed by atoms with Crippen LogP contribution in [0.2, 0.25) is 0 Å². The smallest absolute Gasteiger partial charge is 0.226 e. The maximum atomic E-state index is 12.0. The molecule has 1 amide bonds. The third-order valence-corrected chi connectivity index (χ3v) is 3.97. The molecule has 2 aliphatic rings. The number of thiocarbonyl (C=S) groups is 1. The van der Waals surface area contributed by atoms with Gasteiger partial charge in [0, 0.05) is 25.9 Å². The fourth-order valence-electron chi connectivity index (χ4n) is 2.83. The molecule has 0 saturated heterocycles. The molecule has 0 bridgehead atoms. The van der Waals surface area contributed by atoms with Crippen LogP contribution in [-0.4, -0.2) is 29.4 Å². The summed E-state index contributed by atoms with van der Waals surface area (Å²) >= 11 is 4.80. The van der Waals surface area contributed by atoms with Crippen LogP contribution in [0.4, 0.5) is 0 Å². The van der Waals surface area contributed by atoms with Crippen molar-refractivity contribution in [3.8, 4) is 0 Å². The Morgan fingerprint density at radius 2 is 2.07 bits per heavy atom. The lowest BCUT2D eigenvalue weighted by Crippen LogP contribution is -2.32. The number of fused-ring (bicyclic) bond motifs is 1. The molecule has 2 saturated carbocycles. The van der Waals surface area contributed by atoms with Gasteiger partial charge in [-0.3, -0.25) is 4.79 Å². The van der Waals surface area contributed by atoms with Crippen molar-refractivity contribution in [3.05, 3.63) is 0 Å². The molecule has 0 aromatic heterocycles. The van der Waals surface area contributed by atoms with Gasteiger partial charge in [-0.2, -0.15) is 0 Å². The van der Waals surface area contributed by atoms with Crippen molar-refractivity contribution in [3.63, 3.8) is 0 Å². The van der Waals surface area contributed by atoms with Crippen molar-refractivity contribution in [1.82, 2.24) is 4.90 Å². The van der Waals surface area contributed by atoms with Gasteiger partial charge in [-0.05, 0) is 24.7 Å². The van der Waals surface area contributed by atoms with E-state index in [0.717, 1.165) is 0 Å². The first-order chi connectivity index (χ1) is 7.11. The summed E-state index contributed by atoms with van der Waals surface area (Å²) in [6.45, 7) is 0.671. The fraction of sp³-hybridized carbons (Fsp3) is 0.818. The van der Waals surface area contributed by atoms with Crippen molar-refractivity contribution in [2.75, 3.05) is 13.6 Å². The highest BCUT2D eigenvalue weighted by Crippen LogP contribution is 2.57. The second kappa shape index (κ2) is 4.08. The van der Waals surface area contributed by atoms with E-state index in [1.807, 2.05) is 7.05 Å². The Hall–Kier alpha value is -0.640. The Labute approximate surface area is 96.0 Å². The van der Waals surface area contributed by atoms with Gasteiger partial charge in [-0.25, -0.2) is 0 Å². The number of nitrogens with zero attached hydrogens (tertiary/aromatic N) is 1. The maximum Gasteiger partial charge on any atom is 0.226 e. The minimum absolute atomic E-state index is 0.306. The molecule has 0 aromatic rings. The van der Waals surface area contributed by atoms with E-state index < -0.39 is 0 Å². The molecule has 2 atom stereocenters. The number of carbonyl (C=O) groups is 1. The predicted octanol–water partition coefficient (Wildman–Crippen LogP) is 1.17. The van der Waals surface area contributed by atoms with Gasteiger partial charge in [0.1, 0.15) is 0 Å². The zero-order valence-electron chi connectivity index (χ0n) is 9.11. The van der Waals surface area contributed by atoms with Gasteiger partial charge in [0.25, 0.3) is 0 Å². The van der Waals surface area contributed by atoms with Gasteiger partial charge in [0.2, 0.25) is 5.91 Å². The van der Waals surface area contributed by atoms with Crippen molar-refractivity contribution >= 4 is 23.1 Å². The molecule has 0 radical (unpaired) electrons. The fourth-order valence-corrected chi connectivity index (χ4v) is 2.92. The van der Waals surface area contributed by atoms with E-state index in [1.165, 1.54) is 19.3 Å². The lowest BCUT2D eigenvalue weighted by atomic mass is 10.1. The van der Waals surface area contributed by atoms with E-state index in [1.54, 1.807) is 4.90 Å². The Morgan fingerprint density at radius 3 is 2.60 bits per heavy atom. The average Bonchev–Trinajstić information content (AvgIpc) is 2.66. The Balaban J connectivity index is 1.79. The average molecular weight is 226 g/mol. The van der Waals surface area contributed by atoms with Crippen LogP contribution in [-0.2, 0) is 4.79 Å². The molecule has 2 N–H and O–H groups in total. The molecular weight excluding hydrogens is 208 g/mol. The van der Waals surface area contributed by atoms with Gasteiger partial charge in [-0.15, -0.1) is 0 Å². The molecule has 0 aliphatic heterocycles. The molecule has 2 fully saturated rings. The van der Waals surface area contributed by atoms with Crippen LogP contribution in [0.5, 0.6) is 0 Å². The van der Waals surface area contributed by atoms with E-state index in [-0.39, 0.29) is 0 Å². The monoisotopic (exact) mass is 226 g/mol. The summed E-state index contributed by atoms with van der Waals surface area (Å²) in [5, 5.41) is 0. The summed E-state index contributed by atoms with van der Waals surface area (Å²) < 4.78 is 0. The van der Waals surface area contributed by atoms with Gasteiger partial charge in [0.15, 0.2) is 0 Å². The highest BCUT2D eigenvalue weighted by atomic mass is 32.1. The molecule has 2 aliphatic carbocycles. The lowest BCUT2D eigenvalue weighted by Gasteiger charge is -2.17. The van der Waals surface area contributed by atoms with Crippen molar-refractivity contribution in [2.45, 2.75) is 25.7 Å². The third-order valence-electron chi connectivity index (χ3n) is 3.76. The Bertz CT molecular complexity index is 282. The third kappa shape index (κ3) is 2.14. The first kappa shape index (κ1) is 10.9. The Morgan fingerprint density at radius 1 is 1.47 bits per heavy atom. The molecule has 4 heteroatoms. The van der Waals surface area contributed by atoms with E-state index in [9.17, 15) is 4.79 Å². The maximum absolute atomic E-state index is 12.0. The zero-order valence-corrected chi connectivity index (χ0v) is 9.93. The van der Waals surface area contributed by atoms with Gasteiger partial charge in [0.05, 0.1) is 4.99 Å². The van der Waals surface area contributed by atoms with Crippen LogP contribution in [0, 0.1) is 17.8 Å². The van der Waals surface area contributed by atoms with Crippen molar-refractivity contribution < 1.29 is 4.79 Å². The predicted molar refractivity (Wildman–Crippen MR) is 63.4 cm³/mol. The van der Waals surface area contributed by atoms with Crippen LogP contribution in [0.15, 0.2) is 0 Å². The summed E-state index contributed by atoms with van der Waals surface area (Å²) in [5.74, 6) is 2.03. The summed E-state index contributed by atoms with van der Waals surface area (Å²) in [7, 11) is 1.86. The second-order valence-corrected chi connectivity index (χ2v) is 5.28. The quantitative estimate of drug-likeness (QED) is 0.732. The Kier molecular flexibility index (Phi) is 2.96. The summed E-state index contributed by atoms with van der Waals surface area (Å²) in [5.41, 5.74) is 5.42. The number of hydrogen-bond donors (Lipinski definition) is 1. The molecular formula is C11H18N2OS. The van der Waals surface area contributed by atoms with Gasteiger partial charge < -0.3 is 10.6 Å². The SMILES string of the molecule is CN(CCC(N)=S)C(=O)C1C2CCCC21.